The molecule has 3 nitrogen and oxygen atoms in total. The van der Waals surface area contributed by atoms with Gasteiger partial charge in [-0.2, -0.15) is 0 Å². The molecule has 1 heterocycles. The first-order chi connectivity index (χ1) is 10.1. The molecule has 1 aliphatic heterocycles. The van der Waals surface area contributed by atoms with E-state index in [4.69, 9.17) is 5.11 Å². The zero-order valence-corrected chi connectivity index (χ0v) is 12.7. The predicted octanol–water partition coefficient (Wildman–Crippen LogP) is 3.72. The first kappa shape index (κ1) is 14.6. The Morgan fingerprint density at radius 1 is 1.19 bits per heavy atom. The highest BCUT2D eigenvalue weighted by Crippen LogP contribution is 2.37. The lowest BCUT2D eigenvalue weighted by atomic mass is 9.79. The van der Waals surface area contributed by atoms with E-state index in [9.17, 15) is 4.79 Å². The molecule has 3 heteroatoms. The SMILES string of the molecule is CC1CCC(c2cccc(C3CC(C(=O)O)CN3)c2)CC1. The minimum atomic E-state index is -0.678. The van der Waals surface area contributed by atoms with E-state index in [-0.39, 0.29) is 12.0 Å². The van der Waals surface area contributed by atoms with Gasteiger partial charge in [-0.3, -0.25) is 4.79 Å². The predicted molar refractivity (Wildman–Crippen MR) is 83.3 cm³/mol. The molecule has 0 spiro atoms. The summed E-state index contributed by atoms with van der Waals surface area (Å²) in [6.45, 7) is 2.94. The highest BCUT2D eigenvalue weighted by Gasteiger charge is 2.30. The number of hydrogen-bond acceptors (Lipinski definition) is 2. The van der Waals surface area contributed by atoms with E-state index in [1.54, 1.807) is 0 Å². The van der Waals surface area contributed by atoms with Gasteiger partial charge in [0.2, 0.25) is 0 Å². The summed E-state index contributed by atoms with van der Waals surface area (Å²) in [5.74, 6) is 0.645. The van der Waals surface area contributed by atoms with Crippen LogP contribution in [0.15, 0.2) is 24.3 Å². The Morgan fingerprint density at radius 3 is 2.57 bits per heavy atom. The molecule has 1 saturated heterocycles. The summed E-state index contributed by atoms with van der Waals surface area (Å²) in [4.78, 5) is 11.1. The molecule has 21 heavy (non-hydrogen) atoms. The fraction of sp³-hybridized carbons (Fsp3) is 0.611. The Hall–Kier alpha value is -1.35. The average Bonchev–Trinajstić information content (AvgIpc) is 2.98. The highest BCUT2D eigenvalue weighted by atomic mass is 16.4. The smallest absolute Gasteiger partial charge is 0.307 e. The van der Waals surface area contributed by atoms with Crippen LogP contribution in [0, 0.1) is 11.8 Å². The molecule has 114 valence electrons. The van der Waals surface area contributed by atoms with E-state index in [2.05, 4.69) is 36.5 Å². The van der Waals surface area contributed by atoms with E-state index in [0.29, 0.717) is 18.9 Å². The average molecular weight is 287 g/mol. The number of rotatable bonds is 3. The van der Waals surface area contributed by atoms with Gasteiger partial charge in [0.05, 0.1) is 5.92 Å². The molecule has 2 N–H and O–H groups in total. The molecule has 2 unspecified atom stereocenters. The van der Waals surface area contributed by atoms with Gasteiger partial charge < -0.3 is 10.4 Å². The molecule has 1 saturated carbocycles. The maximum atomic E-state index is 11.1. The van der Waals surface area contributed by atoms with Crippen molar-refractivity contribution in [2.45, 2.75) is 51.0 Å². The monoisotopic (exact) mass is 287 g/mol. The second-order valence-corrected chi connectivity index (χ2v) is 6.86. The van der Waals surface area contributed by atoms with Gasteiger partial charge in [-0.25, -0.2) is 0 Å². The largest absolute Gasteiger partial charge is 0.481 e. The van der Waals surface area contributed by atoms with Crippen molar-refractivity contribution in [1.82, 2.24) is 5.32 Å². The van der Waals surface area contributed by atoms with Gasteiger partial charge in [0, 0.05) is 12.6 Å². The van der Waals surface area contributed by atoms with Crippen molar-refractivity contribution >= 4 is 5.97 Å². The van der Waals surface area contributed by atoms with Crippen LogP contribution < -0.4 is 5.32 Å². The zero-order valence-electron chi connectivity index (χ0n) is 12.7. The third kappa shape index (κ3) is 3.29. The van der Waals surface area contributed by atoms with Gasteiger partial charge in [-0.15, -0.1) is 0 Å². The van der Waals surface area contributed by atoms with E-state index >= 15 is 0 Å². The van der Waals surface area contributed by atoms with Crippen LogP contribution in [0.5, 0.6) is 0 Å². The Labute approximate surface area is 126 Å². The lowest BCUT2D eigenvalue weighted by Crippen LogP contribution is -2.17. The Bertz CT molecular complexity index is 506. The minimum Gasteiger partial charge on any atom is -0.481 e. The molecule has 0 aromatic heterocycles. The van der Waals surface area contributed by atoms with Crippen LogP contribution in [0.2, 0.25) is 0 Å². The fourth-order valence-corrected chi connectivity index (χ4v) is 3.80. The lowest BCUT2D eigenvalue weighted by Gasteiger charge is -2.27. The van der Waals surface area contributed by atoms with E-state index < -0.39 is 5.97 Å². The molecule has 1 aromatic rings. The fourth-order valence-electron chi connectivity index (χ4n) is 3.80. The maximum absolute atomic E-state index is 11.1. The quantitative estimate of drug-likeness (QED) is 0.891. The minimum absolute atomic E-state index is 0.202. The Morgan fingerprint density at radius 2 is 1.90 bits per heavy atom. The summed E-state index contributed by atoms with van der Waals surface area (Å²) in [6.07, 6.45) is 5.96. The molecule has 1 aromatic carbocycles. The van der Waals surface area contributed by atoms with E-state index in [1.807, 2.05) is 0 Å². The Kier molecular flexibility index (Phi) is 4.29. The van der Waals surface area contributed by atoms with Crippen molar-refractivity contribution < 1.29 is 9.90 Å². The molecular weight excluding hydrogens is 262 g/mol. The normalized spacial score (nSPS) is 33.0. The summed E-state index contributed by atoms with van der Waals surface area (Å²) in [6, 6.07) is 9.03. The molecular formula is C18H25NO2. The number of carboxylic acid groups (broad SMARTS) is 1. The third-order valence-electron chi connectivity index (χ3n) is 5.28. The topological polar surface area (TPSA) is 49.3 Å². The van der Waals surface area contributed by atoms with Crippen molar-refractivity contribution in [2.75, 3.05) is 6.54 Å². The summed E-state index contributed by atoms with van der Waals surface area (Å²) in [5.41, 5.74) is 2.70. The molecule has 1 aliphatic carbocycles. The van der Waals surface area contributed by atoms with Gasteiger partial charge in [0.15, 0.2) is 0 Å². The van der Waals surface area contributed by atoms with Crippen LogP contribution in [0.4, 0.5) is 0 Å². The first-order valence-electron chi connectivity index (χ1n) is 8.19. The number of carbonyl (C=O) groups is 1. The van der Waals surface area contributed by atoms with Crippen molar-refractivity contribution in [3.63, 3.8) is 0 Å². The van der Waals surface area contributed by atoms with Gasteiger partial charge >= 0.3 is 5.97 Å². The summed E-state index contributed by atoms with van der Waals surface area (Å²) >= 11 is 0. The maximum Gasteiger partial charge on any atom is 0.307 e. The number of hydrogen-bond donors (Lipinski definition) is 2. The summed E-state index contributed by atoms with van der Waals surface area (Å²) < 4.78 is 0. The van der Waals surface area contributed by atoms with Crippen molar-refractivity contribution in [2.24, 2.45) is 11.8 Å². The van der Waals surface area contributed by atoms with Gasteiger partial charge in [0.1, 0.15) is 0 Å². The lowest BCUT2D eigenvalue weighted by molar-refractivity contribution is -0.141. The van der Waals surface area contributed by atoms with Crippen molar-refractivity contribution in [1.29, 1.82) is 0 Å². The molecule has 0 radical (unpaired) electrons. The van der Waals surface area contributed by atoms with Crippen molar-refractivity contribution in [3.05, 3.63) is 35.4 Å². The van der Waals surface area contributed by atoms with E-state index in [1.165, 1.54) is 36.8 Å². The number of nitrogens with one attached hydrogen (secondary N) is 1. The number of carboxylic acids is 1. The Balaban J connectivity index is 1.70. The number of aliphatic carboxylic acids is 1. The van der Waals surface area contributed by atoms with Gasteiger partial charge in [-0.1, -0.05) is 44.0 Å². The molecule has 2 atom stereocenters. The van der Waals surface area contributed by atoms with Gasteiger partial charge in [-0.05, 0) is 42.2 Å². The van der Waals surface area contributed by atoms with E-state index in [0.717, 1.165) is 5.92 Å². The summed E-state index contributed by atoms with van der Waals surface area (Å²) in [7, 11) is 0. The highest BCUT2D eigenvalue weighted by molar-refractivity contribution is 5.70. The second-order valence-electron chi connectivity index (χ2n) is 6.86. The number of benzene rings is 1. The third-order valence-corrected chi connectivity index (χ3v) is 5.28. The van der Waals surface area contributed by atoms with Crippen LogP contribution in [0.3, 0.4) is 0 Å². The standard InChI is InChI=1S/C18H25NO2/c1-12-5-7-13(8-6-12)14-3-2-4-15(9-14)17-10-16(11-19-17)18(20)21/h2-4,9,12-13,16-17,19H,5-8,10-11H2,1H3,(H,20,21). The van der Waals surface area contributed by atoms with Crippen LogP contribution in [0.25, 0.3) is 0 Å². The van der Waals surface area contributed by atoms with Gasteiger partial charge in [0.25, 0.3) is 0 Å². The van der Waals surface area contributed by atoms with Crippen LogP contribution in [0.1, 0.15) is 62.1 Å². The molecule has 2 fully saturated rings. The first-order valence-corrected chi connectivity index (χ1v) is 8.19. The van der Waals surface area contributed by atoms with Crippen LogP contribution in [-0.2, 0) is 4.79 Å². The van der Waals surface area contributed by atoms with Crippen LogP contribution >= 0.6 is 0 Å². The summed E-state index contributed by atoms with van der Waals surface area (Å²) in [5, 5.41) is 12.5. The second kappa shape index (κ2) is 6.18. The molecule has 2 aliphatic rings. The van der Waals surface area contributed by atoms with Crippen molar-refractivity contribution in [3.8, 4) is 0 Å². The van der Waals surface area contributed by atoms with Crippen LogP contribution in [-0.4, -0.2) is 17.6 Å². The molecule has 0 amide bonds. The molecule has 3 rings (SSSR count). The zero-order chi connectivity index (χ0) is 14.8. The molecule has 0 bridgehead atoms.